The summed E-state index contributed by atoms with van der Waals surface area (Å²) in [6.45, 7) is 1.48. The lowest BCUT2D eigenvalue weighted by Crippen LogP contribution is -2.41. The molecule has 1 heterocycles. The number of carbonyl (C=O) groups excluding carboxylic acids is 3. The summed E-state index contributed by atoms with van der Waals surface area (Å²) in [5.41, 5.74) is 1.76. The highest BCUT2D eigenvalue weighted by Crippen LogP contribution is 2.33. The van der Waals surface area contributed by atoms with Crippen LogP contribution in [0.25, 0.3) is 0 Å². The predicted octanol–water partition coefficient (Wildman–Crippen LogP) is 3.39. The number of anilines is 1. The number of rotatable bonds is 8. The second-order valence-electron chi connectivity index (χ2n) is 6.38. The molecule has 0 aromatic heterocycles. The second-order valence-corrected chi connectivity index (χ2v) is 6.80. The van der Waals surface area contributed by atoms with E-state index in [1.54, 1.807) is 12.1 Å². The Morgan fingerprint density at radius 3 is 2.75 bits per heavy atom. The van der Waals surface area contributed by atoms with Gasteiger partial charge in [0.1, 0.15) is 18.0 Å². The van der Waals surface area contributed by atoms with Crippen molar-refractivity contribution in [3.63, 3.8) is 0 Å². The Morgan fingerprint density at radius 1 is 1.21 bits per heavy atom. The molecule has 0 bridgehead atoms. The van der Waals surface area contributed by atoms with E-state index in [4.69, 9.17) is 21.1 Å². The van der Waals surface area contributed by atoms with Crippen molar-refractivity contribution in [1.82, 2.24) is 0 Å². The van der Waals surface area contributed by atoms with E-state index in [0.717, 1.165) is 18.4 Å². The molecule has 146 valence electrons. The third-order valence-corrected chi connectivity index (χ3v) is 4.48. The van der Waals surface area contributed by atoms with Gasteiger partial charge < -0.3 is 9.47 Å². The average molecular weight is 402 g/mol. The monoisotopic (exact) mass is 401 g/mol. The molecule has 3 rings (SSSR count). The zero-order valence-corrected chi connectivity index (χ0v) is 16.2. The number of benzene rings is 2. The first-order chi connectivity index (χ1) is 13.5. The number of amides is 1. The number of ketones is 1. The molecule has 28 heavy (non-hydrogen) atoms. The van der Waals surface area contributed by atoms with Crippen LogP contribution in [0.15, 0.2) is 42.5 Å². The van der Waals surface area contributed by atoms with Gasteiger partial charge in [0.2, 0.25) is 5.24 Å². The average Bonchev–Trinajstić information content (AvgIpc) is 2.69. The topological polar surface area (TPSA) is 72.9 Å². The van der Waals surface area contributed by atoms with Crippen molar-refractivity contribution >= 4 is 34.2 Å². The van der Waals surface area contributed by atoms with Crippen molar-refractivity contribution in [2.45, 2.75) is 19.8 Å². The van der Waals surface area contributed by atoms with Gasteiger partial charge in [-0.05, 0) is 47.9 Å². The number of fused-ring (bicyclic) bond motifs is 1. The number of ether oxygens (including phenoxy) is 2. The van der Waals surface area contributed by atoms with Crippen molar-refractivity contribution in [1.29, 1.82) is 0 Å². The Balaban J connectivity index is 1.77. The molecule has 0 aliphatic carbocycles. The third kappa shape index (κ3) is 4.51. The number of hydrogen-bond donors (Lipinski definition) is 0. The molecule has 0 radical (unpaired) electrons. The van der Waals surface area contributed by atoms with Gasteiger partial charge in [0.15, 0.2) is 19.0 Å². The van der Waals surface area contributed by atoms with Gasteiger partial charge in [-0.3, -0.25) is 19.3 Å². The zero-order valence-electron chi connectivity index (χ0n) is 15.4. The molecule has 0 atom stereocenters. The van der Waals surface area contributed by atoms with Crippen LogP contribution in [0.3, 0.4) is 0 Å². The number of Topliss-reactive ketones (excluding diaryl/α,β-unsaturated/α-hetero) is 1. The standard InChI is InChI=1S/C21H20ClNO5/c1-2-5-14-6-3-4-7-18(14)27-12-17(24)15-8-9-19-16(10-15)23(11-20(22)25)21(26)13-28-19/h3-4,6-10H,2,5,11-13H2,1H3. The number of halogens is 1. The van der Waals surface area contributed by atoms with Gasteiger partial charge in [-0.1, -0.05) is 31.5 Å². The van der Waals surface area contributed by atoms with Crippen molar-refractivity contribution < 1.29 is 23.9 Å². The van der Waals surface area contributed by atoms with Crippen molar-refractivity contribution in [3.05, 3.63) is 53.6 Å². The maximum absolute atomic E-state index is 12.6. The van der Waals surface area contributed by atoms with Gasteiger partial charge >= 0.3 is 0 Å². The minimum Gasteiger partial charge on any atom is -0.485 e. The molecule has 1 aliphatic heterocycles. The van der Waals surface area contributed by atoms with Crippen LogP contribution >= 0.6 is 11.6 Å². The summed E-state index contributed by atoms with van der Waals surface area (Å²) in [6, 6.07) is 12.4. The molecule has 6 nitrogen and oxygen atoms in total. The van der Waals surface area contributed by atoms with Gasteiger partial charge in [-0.15, -0.1) is 0 Å². The third-order valence-electron chi connectivity index (χ3n) is 4.36. The molecule has 0 N–H and O–H groups in total. The highest BCUT2D eigenvalue weighted by atomic mass is 35.5. The van der Waals surface area contributed by atoms with Gasteiger partial charge in [0.25, 0.3) is 5.91 Å². The molecule has 2 aromatic rings. The lowest BCUT2D eigenvalue weighted by atomic mass is 10.1. The van der Waals surface area contributed by atoms with Gasteiger partial charge in [0.05, 0.1) is 5.69 Å². The molecular weight excluding hydrogens is 382 g/mol. The first kappa shape index (κ1) is 19.9. The fourth-order valence-electron chi connectivity index (χ4n) is 3.02. The Bertz CT molecular complexity index is 911. The Labute approximate surface area is 168 Å². The molecule has 2 aromatic carbocycles. The minimum absolute atomic E-state index is 0.136. The Morgan fingerprint density at radius 2 is 2.00 bits per heavy atom. The van der Waals surface area contributed by atoms with Crippen molar-refractivity contribution in [2.75, 3.05) is 24.7 Å². The van der Waals surface area contributed by atoms with Crippen LogP contribution in [0, 0.1) is 0 Å². The predicted molar refractivity (Wildman–Crippen MR) is 105 cm³/mol. The maximum atomic E-state index is 12.6. The first-order valence-electron chi connectivity index (χ1n) is 8.99. The smallest absolute Gasteiger partial charge is 0.265 e. The SMILES string of the molecule is CCCc1ccccc1OCC(=O)c1ccc2c(c1)N(CC(=O)Cl)C(=O)CO2. The summed E-state index contributed by atoms with van der Waals surface area (Å²) in [5.74, 6) is 0.465. The number of nitrogens with zero attached hydrogens (tertiary/aromatic N) is 1. The van der Waals surface area contributed by atoms with Gasteiger partial charge in [-0.25, -0.2) is 0 Å². The van der Waals surface area contributed by atoms with Crippen molar-refractivity contribution in [2.24, 2.45) is 0 Å². The number of para-hydroxylation sites is 1. The number of aryl methyl sites for hydroxylation is 1. The molecule has 7 heteroatoms. The summed E-state index contributed by atoms with van der Waals surface area (Å²) in [7, 11) is 0. The number of carbonyl (C=O) groups is 3. The van der Waals surface area contributed by atoms with E-state index in [1.165, 1.54) is 11.0 Å². The maximum Gasteiger partial charge on any atom is 0.265 e. The molecule has 0 saturated heterocycles. The molecule has 1 aliphatic rings. The van der Waals surface area contributed by atoms with E-state index in [9.17, 15) is 14.4 Å². The van der Waals surface area contributed by atoms with Gasteiger partial charge in [0, 0.05) is 5.56 Å². The molecule has 0 unspecified atom stereocenters. The molecule has 0 fully saturated rings. The van der Waals surface area contributed by atoms with E-state index in [0.29, 0.717) is 22.7 Å². The quantitative estimate of drug-likeness (QED) is 0.500. The van der Waals surface area contributed by atoms with Crippen LogP contribution in [-0.2, 0) is 16.0 Å². The fraction of sp³-hybridized carbons (Fsp3) is 0.286. The van der Waals surface area contributed by atoms with E-state index >= 15 is 0 Å². The van der Waals surface area contributed by atoms with Crippen LogP contribution in [0.4, 0.5) is 5.69 Å². The van der Waals surface area contributed by atoms with Crippen LogP contribution in [0.5, 0.6) is 11.5 Å². The molecule has 1 amide bonds. The molecular formula is C21H20ClNO5. The van der Waals surface area contributed by atoms with Gasteiger partial charge in [-0.2, -0.15) is 0 Å². The summed E-state index contributed by atoms with van der Waals surface area (Å²) >= 11 is 5.44. The highest BCUT2D eigenvalue weighted by Gasteiger charge is 2.28. The van der Waals surface area contributed by atoms with E-state index in [2.05, 4.69) is 6.92 Å². The van der Waals surface area contributed by atoms with Crippen LogP contribution in [-0.4, -0.2) is 36.7 Å². The summed E-state index contributed by atoms with van der Waals surface area (Å²) < 4.78 is 11.1. The van der Waals surface area contributed by atoms with Crippen LogP contribution < -0.4 is 14.4 Å². The van der Waals surface area contributed by atoms with E-state index < -0.39 is 11.1 Å². The van der Waals surface area contributed by atoms with E-state index in [1.807, 2.05) is 24.3 Å². The summed E-state index contributed by atoms with van der Waals surface area (Å²) in [4.78, 5) is 37.2. The lowest BCUT2D eigenvalue weighted by molar-refractivity contribution is -0.122. The van der Waals surface area contributed by atoms with E-state index in [-0.39, 0.29) is 25.5 Å². The normalized spacial score (nSPS) is 12.9. The van der Waals surface area contributed by atoms with Crippen LogP contribution in [0.2, 0.25) is 0 Å². The largest absolute Gasteiger partial charge is 0.485 e. The van der Waals surface area contributed by atoms with Crippen molar-refractivity contribution in [3.8, 4) is 11.5 Å². The first-order valence-corrected chi connectivity index (χ1v) is 9.37. The minimum atomic E-state index is -0.672. The Kier molecular flexibility index (Phi) is 6.31. The molecule has 0 saturated carbocycles. The number of hydrogen-bond acceptors (Lipinski definition) is 5. The fourth-order valence-corrected chi connectivity index (χ4v) is 3.14. The highest BCUT2D eigenvalue weighted by molar-refractivity contribution is 6.64. The van der Waals surface area contributed by atoms with Crippen LogP contribution in [0.1, 0.15) is 29.3 Å². The summed E-state index contributed by atoms with van der Waals surface area (Å²) in [6.07, 6.45) is 1.84. The zero-order chi connectivity index (χ0) is 20.1. The Hall–Kier alpha value is -2.86. The lowest BCUT2D eigenvalue weighted by Gasteiger charge is -2.28. The molecule has 0 spiro atoms. The second kappa shape index (κ2) is 8.89. The summed E-state index contributed by atoms with van der Waals surface area (Å²) in [5, 5.41) is -0.672.